The van der Waals surface area contributed by atoms with Gasteiger partial charge in [0, 0.05) is 13.2 Å². The first-order valence-electron chi connectivity index (χ1n) is 3.39. The Bertz CT molecular complexity index is 291. The highest BCUT2D eigenvalue weighted by molar-refractivity contribution is 5.63. The van der Waals surface area contributed by atoms with Gasteiger partial charge in [-0.2, -0.15) is 13.9 Å². The van der Waals surface area contributed by atoms with E-state index in [1.165, 1.54) is 19.4 Å². The molecule has 0 bridgehead atoms. The van der Waals surface area contributed by atoms with Crippen molar-refractivity contribution < 1.29 is 8.78 Å². The van der Waals surface area contributed by atoms with Gasteiger partial charge in [-0.1, -0.05) is 0 Å². The Kier molecular flexibility index (Phi) is 2.21. The Morgan fingerprint density at radius 2 is 2.33 bits per heavy atom. The van der Waals surface area contributed by atoms with Crippen molar-refractivity contribution in [2.24, 2.45) is 4.99 Å². The topological polar surface area (TPSA) is 30.2 Å². The minimum Gasteiger partial charge on any atom is -0.292 e. The second-order valence-corrected chi connectivity index (χ2v) is 2.44. The second-order valence-electron chi connectivity index (χ2n) is 2.44. The van der Waals surface area contributed by atoms with Gasteiger partial charge in [-0.05, 0) is 12.5 Å². The van der Waals surface area contributed by atoms with E-state index in [9.17, 15) is 8.78 Å². The second kappa shape index (κ2) is 3.00. The third-order valence-electron chi connectivity index (χ3n) is 1.30. The molecule has 0 aromatic carbocycles. The molecule has 1 aromatic rings. The van der Waals surface area contributed by atoms with Gasteiger partial charge in [-0.15, -0.1) is 0 Å². The molecule has 66 valence electrons. The summed E-state index contributed by atoms with van der Waals surface area (Å²) in [6.07, 6.45) is 3.19. The molecular formula is C7H9F2N3. The Hall–Kier alpha value is -1.26. The maximum Gasteiger partial charge on any atom is 0.380 e. The van der Waals surface area contributed by atoms with Crippen LogP contribution in [0.1, 0.15) is 5.56 Å². The van der Waals surface area contributed by atoms with Crippen LogP contribution in [0.25, 0.3) is 0 Å². The fourth-order valence-corrected chi connectivity index (χ4v) is 0.790. The number of aromatic nitrogens is 2. The predicted octanol–water partition coefficient (Wildman–Crippen LogP) is 1.44. The Morgan fingerprint density at radius 1 is 1.67 bits per heavy atom. The van der Waals surface area contributed by atoms with Crippen molar-refractivity contribution in [3.63, 3.8) is 0 Å². The first-order valence-corrected chi connectivity index (χ1v) is 3.39. The van der Waals surface area contributed by atoms with Crippen molar-refractivity contribution in [3.8, 4) is 0 Å². The van der Waals surface area contributed by atoms with Gasteiger partial charge in [-0.25, -0.2) is 4.68 Å². The van der Waals surface area contributed by atoms with Crippen molar-refractivity contribution in [2.45, 2.75) is 13.0 Å². The molecule has 0 atom stereocenters. The lowest BCUT2D eigenvalue weighted by Crippen LogP contribution is -2.25. The van der Waals surface area contributed by atoms with Crippen LogP contribution in [0, 0.1) is 6.92 Å². The van der Waals surface area contributed by atoms with Gasteiger partial charge in [0.25, 0.3) is 0 Å². The van der Waals surface area contributed by atoms with Crippen molar-refractivity contribution in [2.75, 3.05) is 7.05 Å². The molecule has 0 radical (unpaired) electrons. The Labute approximate surface area is 68.7 Å². The highest BCUT2D eigenvalue weighted by Crippen LogP contribution is 2.16. The molecule has 12 heavy (non-hydrogen) atoms. The van der Waals surface area contributed by atoms with E-state index in [4.69, 9.17) is 0 Å². The number of halogens is 2. The summed E-state index contributed by atoms with van der Waals surface area (Å²) in [5.74, 6) is 0. The summed E-state index contributed by atoms with van der Waals surface area (Å²) in [5, 5.41) is 3.48. The third-order valence-corrected chi connectivity index (χ3v) is 1.30. The van der Waals surface area contributed by atoms with E-state index in [-0.39, 0.29) is 0 Å². The van der Waals surface area contributed by atoms with E-state index in [0.29, 0.717) is 16.5 Å². The molecular weight excluding hydrogens is 164 g/mol. The van der Waals surface area contributed by atoms with Crippen LogP contribution in [0.2, 0.25) is 0 Å². The van der Waals surface area contributed by atoms with Crippen LogP contribution in [-0.2, 0) is 6.05 Å². The van der Waals surface area contributed by atoms with Gasteiger partial charge in [0.15, 0.2) is 0 Å². The lowest BCUT2D eigenvalue weighted by Gasteiger charge is -2.09. The van der Waals surface area contributed by atoms with E-state index >= 15 is 0 Å². The van der Waals surface area contributed by atoms with Crippen molar-refractivity contribution in [1.82, 2.24) is 9.78 Å². The molecule has 0 aliphatic carbocycles. The molecule has 0 spiro atoms. The summed E-state index contributed by atoms with van der Waals surface area (Å²) in [4.78, 5) is 3.26. The van der Waals surface area contributed by atoms with E-state index in [2.05, 4.69) is 10.1 Å². The summed E-state index contributed by atoms with van der Waals surface area (Å²) in [5.41, 5.74) is 0.694. The van der Waals surface area contributed by atoms with Gasteiger partial charge < -0.3 is 0 Å². The number of alkyl halides is 2. The zero-order valence-electron chi connectivity index (χ0n) is 6.83. The standard InChI is InChI=1S/C7H9F2N3/c1-6-3-11-12(4-6)7(8,9)5-10-2/h3-5H,1-2H3/b10-5-. The summed E-state index contributed by atoms with van der Waals surface area (Å²) >= 11 is 0. The molecule has 0 N–H and O–H groups in total. The van der Waals surface area contributed by atoms with E-state index in [0.717, 1.165) is 0 Å². The fraction of sp³-hybridized carbons (Fsp3) is 0.429. The monoisotopic (exact) mass is 173 g/mol. The summed E-state index contributed by atoms with van der Waals surface area (Å²) in [7, 11) is 1.30. The van der Waals surface area contributed by atoms with Gasteiger partial charge in [-0.3, -0.25) is 4.99 Å². The molecule has 0 fully saturated rings. The number of rotatable bonds is 2. The highest BCUT2D eigenvalue weighted by atomic mass is 19.3. The smallest absolute Gasteiger partial charge is 0.292 e. The molecule has 0 aliphatic heterocycles. The molecule has 1 heterocycles. The number of hydrogen-bond donors (Lipinski definition) is 0. The molecule has 1 rings (SSSR count). The summed E-state index contributed by atoms with van der Waals surface area (Å²) in [6, 6.07) is -3.12. The van der Waals surface area contributed by atoms with Gasteiger partial charge in [0.1, 0.15) is 0 Å². The zero-order chi connectivity index (χ0) is 9.19. The Balaban J connectivity index is 2.96. The average molecular weight is 173 g/mol. The van der Waals surface area contributed by atoms with Crippen LogP contribution in [0.15, 0.2) is 17.4 Å². The van der Waals surface area contributed by atoms with Crippen molar-refractivity contribution in [3.05, 3.63) is 18.0 Å². The van der Waals surface area contributed by atoms with Crippen LogP contribution < -0.4 is 0 Å². The molecule has 3 nitrogen and oxygen atoms in total. The van der Waals surface area contributed by atoms with Crippen LogP contribution in [0.5, 0.6) is 0 Å². The van der Waals surface area contributed by atoms with Crippen LogP contribution in [0.3, 0.4) is 0 Å². The first kappa shape index (κ1) is 8.83. The first-order chi connectivity index (χ1) is 5.56. The van der Waals surface area contributed by atoms with Gasteiger partial charge in [0.2, 0.25) is 0 Å². The van der Waals surface area contributed by atoms with E-state index in [1.54, 1.807) is 6.92 Å². The van der Waals surface area contributed by atoms with Gasteiger partial charge in [0.05, 0.1) is 12.4 Å². The molecule has 0 unspecified atom stereocenters. The van der Waals surface area contributed by atoms with E-state index in [1.807, 2.05) is 0 Å². The van der Waals surface area contributed by atoms with Crippen LogP contribution >= 0.6 is 0 Å². The SMILES string of the molecule is C/N=C\C(F)(F)n1cc(C)cn1. The maximum absolute atomic E-state index is 12.9. The number of nitrogens with zero attached hydrogens (tertiary/aromatic N) is 3. The lowest BCUT2D eigenvalue weighted by atomic mass is 10.4. The quantitative estimate of drug-likeness (QED) is 0.622. The average Bonchev–Trinajstić information content (AvgIpc) is 2.36. The van der Waals surface area contributed by atoms with Crippen LogP contribution in [-0.4, -0.2) is 23.0 Å². The molecule has 5 heteroatoms. The molecule has 1 aromatic heterocycles. The molecule has 0 saturated carbocycles. The predicted molar refractivity (Wildman–Crippen MR) is 41.6 cm³/mol. The third kappa shape index (κ3) is 1.66. The minimum absolute atomic E-state index is 0.555. The Morgan fingerprint density at radius 3 is 2.75 bits per heavy atom. The summed E-state index contributed by atoms with van der Waals surface area (Å²) < 4.78 is 26.4. The normalized spacial score (nSPS) is 12.7. The molecule has 0 aliphatic rings. The summed E-state index contributed by atoms with van der Waals surface area (Å²) in [6.45, 7) is 1.70. The van der Waals surface area contributed by atoms with Gasteiger partial charge >= 0.3 is 6.05 Å². The number of aliphatic imine (C=N–C) groups is 1. The lowest BCUT2D eigenvalue weighted by molar-refractivity contribution is -0.0114. The maximum atomic E-state index is 12.9. The zero-order valence-corrected chi connectivity index (χ0v) is 6.83. The number of aryl methyl sites for hydroxylation is 1. The minimum atomic E-state index is -3.12. The van der Waals surface area contributed by atoms with Crippen LogP contribution in [0.4, 0.5) is 8.78 Å². The van der Waals surface area contributed by atoms with Crippen molar-refractivity contribution in [1.29, 1.82) is 0 Å². The molecule has 0 saturated heterocycles. The fourth-order valence-electron chi connectivity index (χ4n) is 0.790. The molecule has 0 amide bonds. The van der Waals surface area contributed by atoms with E-state index < -0.39 is 6.05 Å². The van der Waals surface area contributed by atoms with Crippen molar-refractivity contribution >= 4 is 6.21 Å². The highest BCUT2D eigenvalue weighted by Gasteiger charge is 2.28. The number of hydrogen-bond acceptors (Lipinski definition) is 2. The largest absolute Gasteiger partial charge is 0.380 e.